The molecule has 3 atom stereocenters. The first-order chi connectivity index (χ1) is 14.7. The van der Waals surface area contributed by atoms with Crippen molar-refractivity contribution in [3.8, 4) is 0 Å². The van der Waals surface area contributed by atoms with E-state index in [0.717, 1.165) is 16.5 Å². The van der Waals surface area contributed by atoms with Gasteiger partial charge in [-0.15, -0.1) is 0 Å². The molecule has 0 saturated carbocycles. The summed E-state index contributed by atoms with van der Waals surface area (Å²) in [4.78, 5) is 36.2. The number of nitrogens with zero attached hydrogens (tertiary/aromatic N) is 3. The number of nitrogens with one attached hydrogen (secondary N) is 1. The number of likely N-dealkylation sites (tertiary alicyclic amines) is 1. The minimum absolute atomic E-state index is 0.00170. The molecule has 2 fully saturated rings. The second kappa shape index (κ2) is 8.10. The van der Waals surface area contributed by atoms with E-state index in [2.05, 4.69) is 10.3 Å². The molecule has 0 unspecified atom stereocenters. The lowest BCUT2D eigenvalue weighted by atomic mass is 9.91. The summed E-state index contributed by atoms with van der Waals surface area (Å²) in [6, 6.07) is 9.66. The maximum atomic E-state index is 13.0. The molecule has 0 radical (unpaired) electrons. The van der Waals surface area contributed by atoms with E-state index in [9.17, 15) is 22.8 Å². The van der Waals surface area contributed by atoms with Crippen molar-refractivity contribution in [2.24, 2.45) is 5.92 Å². The third-order valence-electron chi connectivity index (χ3n) is 5.34. The summed E-state index contributed by atoms with van der Waals surface area (Å²) in [6.45, 7) is 0.0686. The molecule has 0 spiro atoms. The molecular weight excluding hydrogens is 437 g/mol. The van der Waals surface area contributed by atoms with Gasteiger partial charge in [0, 0.05) is 26.3 Å². The highest BCUT2D eigenvalue weighted by Gasteiger charge is 2.58. The summed E-state index contributed by atoms with van der Waals surface area (Å²) >= 11 is 5.87. The Morgan fingerprint density at radius 2 is 1.90 bits per heavy atom. The quantitative estimate of drug-likeness (QED) is 0.700. The van der Waals surface area contributed by atoms with E-state index in [-0.39, 0.29) is 29.8 Å². The number of hydrogen-bond acceptors (Lipinski definition) is 6. The Labute approximate surface area is 180 Å². The maximum Gasteiger partial charge on any atom is 0.417 e. The van der Waals surface area contributed by atoms with Crippen molar-refractivity contribution in [2.75, 3.05) is 25.5 Å². The zero-order chi connectivity index (χ0) is 22.3. The third kappa shape index (κ3) is 3.98. The van der Waals surface area contributed by atoms with Crippen molar-refractivity contribution in [3.63, 3.8) is 0 Å². The second-order valence-electron chi connectivity index (χ2n) is 7.26. The lowest BCUT2D eigenvalue weighted by Gasteiger charge is -2.24. The molecule has 1 aromatic carbocycles. The lowest BCUT2D eigenvalue weighted by molar-refractivity contribution is -0.169. The fourth-order valence-corrected chi connectivity index (χ4v) is 4.14. The zero-order valence-corrected chi connectivity index (χ0v) is 17.0. The molecule has 7 nitrogen and oxygen atoms in total. The van der Waals surface area contributed by atoms with Gasteiger partial charge >= 0.3 is 6.18 Å². The first-order valence-corrected chi connectivity index (χ1v) is 9.82. The molecular formula is C20H18ClF3N4O3. The summed E-state index contributed by atoms with van der Waals surface area (Å²) in [5.41, 5.74) is -0.103. The van der Waals surface area contributed by atoms with Gasteiger partial charge in [-0.2, -0.15) is 18.2 Å². The molecule has 1 aromatic heterocycles. The van der Waals surface area contributed by atoms with Gasteiger partial charge in [-0.3, -0.25) is 19.3 Å². The van der Waals surface area contributed by atoms with Crippen molar-refractivity contribution >= 4 is 29.2 Å². The van der Waals surface area contributed by atoms with E-state index in [1.165, 1.54) is 5.06 Å². The van der Waals surface area contributed by atoms with Crippen LogP contribution in [-0.4, -0.2) is 53.0 Å². The Morgan fingerprint density at radius 3 is 2.55 bits per heavy atom. The molecule has 0 bridgehead atoms. The molecule has 2 amide bonds. The number of amides is 2. The fraction of sp³-hybridized carbons (Fsp3) is 0.350. The van der Waals surface area contributed by atoms with Gasteiger partial charge in [-0.05, 0) is 11.6 Å². The number of carbonyl (C=O) groups is 2. The summed E-state index contributed by atoms with van der Waals surface area (Å²) in [7, 11) is 1.68. The number of fused-ring (bicyclic) bond motifs is 1. The van der Waals surface area contributed by atoms with Crippen LogP contribution in [0.4, 0.5) is 19.0 Å². The molecule has 2 aliphatic heterocycles. The lowest BCUT2D eigenvalue weighted by Crippen LogP contribution is -2.39. The number of halogens is 4. The van der Waals surface area contributed by atoms with Crippen LogP contribution in [0.5, 0.6) is 0 Å². The molecule has 2 saturated heterocycles. The van der Waals surface area contributed by atoms with Crippen LogP contribution in [0.15, 0.2) is 42.6 Å². The molecule has 3 heterocycles. The molecule has 4 rings (SSSR count). The van der Waals surface area contributed by atoms with Crippen LogP contribution in [0.1, 0.15) is 17.2 Å². The predicted octanol–water partition coefficient (Wildman–Crippen LogP) is 3.14. The average Bonchev–Trinajstić information content (AvgIpc) is 3.18. The number of benzene rings is 1. The van der Waals surface area contributed by atoms with Crippen LogP contribution in [0.3, 0.4) is 0 Å². The van der Waals surface area contributed by atoms with E-state index in [4.69, 9.17) is 16.4 Å². The topological polar surface area (TPSA) is 74.8 Å². The number of pyridine rings is 1. The van der Waals surface area contributed by atoms with Crippen molar-refractivity contribution in [2.45, 2.75) is 18.3 Å². The fourth-order valence-electron chi connectivity index (χ4n) is 3.90. The van der Waals surface area contributed by atoms with Crippen LogP contribution in [-0.2, 0) is 20.6 Å². The monoisotopic (exact) mass is 454 g/mol. The van der Waals surface area contributed by atoms with Crippen molar-refractivity contribution < 1.29 is 27.6 Å². The Morgan fingerprint density at radius 1 is 1.19 bits per heavy atom. The van der Waals surface area contributed by atoms with Gasteiger partial charge in [-0.25, -0.2) is 4.98 Å². The van der Waals surface area contributed by atoms with Crippen molar-refractivity contribution in [1.29, 1.82) is 0 Å². The number of carbonyl (C=O) groups excluding carboxylic acids is 2. The van der Waals surface area contributed by atoms with E-state index in [0.29, 0.717) is 6.20 Å². The molecule has 1 N–H and O–H groups in total. The Kier molecular flexibility index (Phi) is 5.63. The largest absolute Gasteiger partial charge is 0.417 e. The van der Waals surface area contributed by atoms with Gasteiger partial charge in [0.05, 0.1) is 22.5 Å². The van der Waals surface area contributed by atoms with Crippen LogP contribution in [0, 0.1) is 5.92 Å². The number of hydrogen-bond donors (Lipinski definition) is 1. The molecule has 0 aliphatic carbocycles. The SMILES string of the molecule is CN1O[C@H]2C(=O)N(CCNc3ncc(C(F)(F)F)cc3Cl)C(=O)[C@@H]2[C@H]1c1ccccc1. The highest BCUT2D eigenvalue weighted by atomic mass is 35.5. The molecule has 2 aromatic rings. The Bertz CT molecular complexity index is 1000. The molecule has 31 heavy (non-hydrogen) atoms. The van der Waals surface area contributed by atoms with Crippen molar-refractivity contribution in [1.82, 2.24) is 14.9 Å². The first-order valence-electron chi connectivity index (χ1n) is 9.45. The van der Waals surface area contributed by atoms with Crippen LogP contribution >= 0.6 is 11.6 Å². The normalized spacial score (nSPS) is 24.0. The predicted molar refractivity (Wildman–Crippen MR) is 105 cm³/mol. The van der Waals surface area contributed by atoms with Crippen molar-refractivity contribution in [3.05, 3.63) is 58.7 Å². The van der Waals surface area contributed by atoms with Gasteiger partial charge in [0.2, 0.25) is 5.91 Å². The highest BCUT2D eigenvalue weighted by Crippen LogP contribution is 2.43. The molecule has 11 heteroatoms. The van der Waals surface area contributed by atoms with Gasteiger partial charge in [0.25, 0.3) is 5.91 Å². The van der Waals surface area contributed by atoms with Gasteiger partial charge < -0.3 is 5.32 Å². The first kappa shape index (κ1) is 21.5. The van der Waals surface area contributed by atoms with E-state index in [1.54, 1.807) is 7.05 Å². The average molecular weight is 455 g/mol. The number of imide groups is 1. The zero-order valence-electron chi connectivity index (χ0n) is 16.3. The molecule has 2 aliphatic rings. The highest BCUT2D eigenvalue weighted by molar-refractivity contribution is 6.33. The van der Waals surface area contributed by atoms with E-state index in [1.807, 2.05) is 30.3 Å². The number of aromatic nitrogens is 1. The minimum atomic E-state index is -4.55. The molecule has 164 valence electrons. The number of rotatable bonds is 5. The number of hydroxylamine groups is 2. The summed E-state index contributed by atoms with van der Waals surface area (Å²) in [6.07, 6.45) is -4.79. The summed E-state index contributed by atoms with van der Waals surface area (Å²) < 4.78 is 38.2. The standard InChI is InChI=1S/C20H18ClF3N4O3/c1-27-15(11-5-3-2-4-6-11)14-16(31-27)19(30)28(18(14)29)8-7-25-17-13(21)9-12(10-26-17)20(22,23)24/h2-6,9-10,14-16H,7-8H2,1H3,(H,25,26)/t14-,15-,16-/m1/s1. The van der Waals surface area contributed by atoms with Gasteiger partial charge in [-0.1, -0.05) is 41.9 Å². The number of anilines is 1. The third-order valence-corrected chi connectivity index (χ3v) is 5.62. The van der Waals surface area contributed by atoms with Gasteiger partial charge in [0.1, 0.15) is 5.82 Å². The Hall–Kier alpha value is -2.69. The summed E-state index contributed by atoms with van der Waals surface area (Å²) in [5.74, 6) is -1.45. The van der Waals surface area contributed by atoms with Crippen LogP contribution < -0.4 is 5.32 Å². The Balaban J connectivity index is 1.43. The smallest absolute Gasteiger partial charge is 0.367 e. The van der Waals surface area contributed by atoms with E-state index >= 15 is 0 Å². The maximum absolute atomic E-state index is 13.0. The number of alkyl halides is 3. The van der Waals surface area contributed by atoms with Gasteiger partial charge in [0.15, 0.2) is 6.10 Å². The minimum Gasteiger partial charge on any atom is -0.367 e. The van der Waals surface area contributed by atoms with Crippen LogP contribution in [0.25, 0.3) is 0 Å². The van der Waals surface area contributed by atoms with E-state index < -0.39 is 35.7 Å². The second-order valence-corrected chi connectivity index (χ2v) is 7.67. The summed E-state index contributed by atoms with van der Waals surface area (Å²) in [5, 5.41) is 4.09. The van der Waals surface area contributed by atoms with Crippen LogP contribution in [0.2, 0.25) is 5.02 Å².